The van der Waals surface area contributed by atoms with Gasteiger partial charge in [0.25, 0.3) is 15.9 Å². The largest absolute Gasteiger partial charge is 0.416 e. The Morgan fingerprint density at radius 2 is 1.87 bits per heavy atom. The Hall–Kier alpha value is -3.34. The second kappa shape index (κ2) is 8.57. The molecule has 0 unspecified atom stereocenters. The number of para-hydroxylation sites is 1. The molecule has 0 aliphatic rings. The van der Waals surface area contributed by atoms with Crippen molar-refractivity contribution in [1.29, 1.82) is 0 Å². The third-order valence-corrected chi connectivity index (χ3v) is 5.47. The number of H-pyrrole nitrogens is 1. The van der Waals surface area contributed by atoms with Gasteiger partial charge in [-0.15, -0.1) is 0 Å². The highest BCUT2D eigenvalue weighted by Crippen LogP contribution is 2.31. The van der Waals surface area contributed by atoms with E-state index in [9.17, 15) is 26.4 Å². The number of benzene rings is 2. The summed E-state index contributed by atoms with van der Waals surface area (Å²) < 4.78 is 66.1. The van der Waals surface area contributed by atoms with Crippen LogP contribution in [0.2, 0.25) is 0 Å². The van der Waals surface area contributed by atoms with Gasteiger partial charge < -0.3 is 10.3 Å². The number of carbonyl (C=O) groups excluding carboxylic acids is 1. The average molecular weight is 438 g/mol. The summed E-state index contributed by atoms with van der Waals surface area (Å²) in [5.41, 5.74) is -0.356. The van der Waals surface area contributed by atoms with E-state index >= 15 is 0 Å². The van der Waals surface area contributed by atoms with Crippen LogP contribution < -0.4 is 10.0 Å². The van der Waals surface area contributed by atoms with E-state index in [1.54, 1.807) is 12.3 Å². The summed E-state index contributed by atoms with van der Waals surface area (Å²) in [4.78, 5) is 18.7. The molecule has 0 saturated heterocycles. The molecule has 0 radical (unpaired) electrons. The van der Waals surface area contributed by atoms with Crippen molar-refractivity contribution < 1.29 is 26.4 Å². The SMILES string of the molecule is O=C(NCCc1c[nH]cn1)c1ccccc1NS(=O)(=O)c1cccc(C(F)(F)F)c1. The number of halogens is 3. The number of nitrogens with zero attached hydrogens (tertiary/aromatic N) is 1. The maximum absolute atomic E-state index is 12.9. The van der Waals surface area contributed by atoms with E-state index in [4.69, 9.17) is 0 Å². The number of rotatable bonds is 7. The van der Waals surface area contributed by atoms with E-state index in [1.807, 2.05) is 0 Å². The summed E-state index contributed by atoms with van der Waals surface area (Å²) in [6.45, 7) is 0.262. The molecule has 0 saturated carbocycles. The zero-order valence-corrected chi connectivity index (χ0v) is 16.2. The third kappa shape index (κ3) is 5.17. The summed E-state index contributed by atoms with van der Waals surface area (Å²) in [5.74, 6) is -0.534. The number of nitrogens with one attached hydrogen (secondary N) is 3. The van der Waals surface area contributed by atoms with Crippen molar-refractivity contribution in [1.82, 2.24) is 15.3 Å². The molecule has 11 heteroatoms. The van der Waals surface area contributed by atoms with Gasteiger partial charge in [0, 0.05) is 19.2 Å². The van der Waals surface area contributed by atoms with Gasteiger partial charge in [-0.25, -0.2) is 13.4 Å². The molecule has 30 heavy (non-hydrogen) atoms. The number of aromatic nitrogens is 2. The quantitative estimate of drug-likeness (QED) is 0.527. The topological polar surface area (TPSA) is 104 Å². The number of alkyl halides is 3. The van der Waals surface area contributed by atoms with Gasteiger partial charge in [0.2, 0.25) is 0 Å². The zero-order chi connectivity index (χ0) is 21.8. The molecule has 0 bridgehead atoms. The van der Waals surface area contributed by atoms with Gasteiger partial charge in [-0.1, -0.05) is 18.2 Å². The van der Waals surface area contributed by atoms with Crippen molar-refractivity contribution in [3.63, 3.8) is 0 Å². The number of aromatic amines is 1. The normalized spacial score (nSPS) is 11.8. The Kier molecular flexibility index (Phi) is 6.11. The lowest BCUT2D eigenvalue weighted by molar-refractivity contribution is -0.137. The van der Waals surface area contributed by atoms with Crippen LogP contribution >= 0.6 is 0 Å². The highest BCUT2D eigenvalue weighted by atomic mass is 32.2. The summed E-state index contributed by atoms with van der Waals surface area (Å²) >= 11 is 0. The minimum Gasteiger partial charge on any atom is -0.352 e. The first-order chi connectivity index (χ1) is 14.2. The fourth-order valence-electron chi connectivity index (χ4n) is 2.64. The molecule has 0 fully saturated rings. The molecular weight excluding hydrogens is 421 g/mol. The number of hydrogen-bond donors (Lipinski definition) is 3. The fourth-order valence-corrected chi connectivity index (χ4v) is 3.77. The first kappa shape index (κ1) is 21.4. The van der Waals surface area contributed by atoms with Gasteiger partial charge in [-0.3, -0.25) is 9.52 Å². The van der Waals surface area contributed by atoms with Gasteiger partial charge in [0.1, 0.15) is 0 Å². The fraction of sp³-hybridized carbons (Fsp3) is 0.158. The Morgan fingerprint density at radius 3 is 2.57 bits per heavy atom. The molecular formula is C19H17F3N4O3S. The maximum atomic E-state index is 12.9. The molecule has 3 aromatic rings. The Bertz CT molecular complexity index is 1130. The van der Waals surface area contributed by atoms with Crippen LogP contribution in [-0.2, 0) is 22.6 Å². The molecule has 1 aromatic heterocycles. The molecule has 0 spiro atoms. The monoisotopic (exact) mass is 438 g/mol. The maximum Gasteiger partial charge on any atom is 0.416 e. The predicted molar refractivity (Wildman–Crippen MR) is 103 cm³/mol. The summed E-state index contributed by atoms with van der Waals surface area (Å²) in [6, 6.07) is 9.18. The van der Waals surface area contributed by atoms with E-state index in [0.29, 0.717) is 12.5 Å². The molecule has 1 amide bonds. The third-order valence-electron chi connectivity index (χ3n) is 4.11. The van der Waals surface area contributed by atoms with Crippen LogP contribution in [-0.4, -0.2) is 30.8 Å². The highest BCUT2D eigenvalue weighted by Gasteiger charge is 2.31. The van der Waals surface area contributed by atoms with Crippen molar-refractivity contribution >= 4 is 21.6 Å². The van der Waals surface area contributed by atoms with Gasteiger partial charge in [-0.2, -0.15) is 13.2 Å². The molecule has 0 aliphatic heterocycles. The lowest BCUT2D eigenvalue weighted by Crippen LogP contribution is -2.27. The van der Waals surface area contributed by atoms with Crippen LogP contribution in [0, 0.1) is 0 Å². The molecule has 3 N–H and O–H groups in total. The van der Waals surface area contributed by atoms with E-state index in [1.165, 1.54) is 24.5 Å². The van der Waals surface area contributed by atoms with E-state index < -0.39 is 32.6 Å². The van der Waals surface area contributed by atoms with Crippen molar-refractivity contribution in [2.45, 2.75) is 17.5 Å². The minimum atomic E-state index is -4.68. The minimum absolute atomic E-state index is 0.0371. The van der Waals surface area contributed by atoms with E-state index in [-0.39, 0.29) is 17.8 Å². The van der Waals surface area contributed by atoms with Crippen LogP contribution in [0.1, 0.15) is 21.6 Å². The van der Waals surface area contributed by atoms with E-state index in [2.05, 4.69) is 20.0 Å². The number of anilines is 1. The Morgan fingerprint density at radius 1 is 1.10 bits per heavy atom. The van der Waals surface area contributed by atoms with Crippen molar-refractivity contribution in [3.8, 4) is 0 Å². The molecule has 1 heterocycles. The summed E-state index contributed by atoms with van der Waals surface area (Å²) in [5, 5.41) is 2.66. The number of sulfonamides is 1. The van der Waals surface area contributed by atoms with Crippen LogP contribution in [0.4, 0.5) is 18.9 Å². The number of amides is 1. The van der Waals surface area contributed by atoms with Crippen LogP contribution in [0.15, 0.2) is 66.0 Å². The predicted octanol–water partition coefficient (Wildman–Crippen LogP) is 3.20. The van der Waals surface area contributed by atoms with Gasteiger partial charge in [0.15, 0.2) is 0 Å². The first-order valence-electron chi connectivity index (χ1n) is 8.72. The number of hydrogen-bond acceptors (Lipinski definition) is 4. The molecule has 2 aromatic carbocycles. The molecule has 7 nitrogen and oxygen atoms in total. The molecule has 0 aliphatic carbocycles. The lowest BCUT2D eigenvalue weighted by atomic mass is 10.1. The molecule has 0 atom stereocenters. The van der Waals surface area contributed by atoms with Gasteiger partial charge >= 0.3 is 6.18 Å². The number of imidazole rings is 1. The van der Waals surface area contributed by atoms with Crippen LogP contribution in [0.25, 0.3) is 0 Å². The van der Waals surface area contributed by atoms with Crippen molar-refractivity contribution in [2.75, 3.05) is 11.3 Å². The standard InChI is InChI=1S/C19H17F3N4O3S/c20-19(21,22)13-4-3-5-15(10-13)30(28,29)26-17-7-2-1-6-16(17)18(27)24-9-8-14-11-23-12-25-14/h1-7,10-12,26H,8-9H2,(H,23,25)(H,24,27). The summed E-state index contributed by atoms with van der Waals surface area (Å²) in [7, 11) is -4.35. The van der Waals surface area contributed by atoms with Crippen LogP contribution in [0.3, 0.4) is 0 Å². The smallest absolute Gasteiger partial charge is 0.352 e. The van der Waals surface area contributed by atoms with Crippen LogP contribution in [0.5, 0.6) is 0 Å². The zero-order valence-electron chi connectivity index (χ0n) is 15.4. The Labute approximate surface area is 170 Å². The van der Waals surface area contributed by atoms with Crippen molar-refractivity contribution in [2.24, 2.45) is 0 Å². The Balaban J connectivity index is 1.77. The molecule has 3 rings (SSSR count). The van der Waals surface area contributed by atoms with Crippen molar-refractivity contribution in [3.05, 3.63) is 77.9 Å². The lowest BCUT2D eigenvalue weighted by Gasteiger charge is -2.14. The second-order valence-electron chi connectivity index (χ2n) is 6.24. The van der Waals surface area contributed by atoms with E-state index in [0.717, 1.165) is 23.9 Å². The molecule has 158 valence electrons. The number of carbonyl (C=O) groups is 1. The highest BCUT2D eigenvalue weighted by molar-refractivity contribution is 7.92. The second-order valence-corrected chi connectivity index (χ2v) is 7.93. The average Bonchev–Trinajstić information content (AvgIpc) is 3.21. The van der Waals surface area contributed by atoms with Gasteiger partial charge in [-0.05, 0) is 30.3 Å². The van der Waals surface area contributed by atoms with Gasteiger partial charge in [0.05, 0.1) is 33.7 Å². The first-order valence-corrected chi connectivity index (χ1v) is 10.2. The summed E-state index contributed by atoms with van der Waals surface area (Å²) in [6.07, 6.45) is -1.02.